The number of aliphatic carboxylic acids is 1. The Morgan fingerprint density at radius 1 is 1.25 bits per heavy atom. The normalized spacial score (nSPS) is 15.9. The van der Waals surface area contributed by atoms with Crippen molar-refractivity contribution in [1.29, 1.82) is 0 Å². The predicted octanol–water partition coefficient (Wildman–Crippen LogP) is 2.12. The van der Waals surface area contributed by atoms with Crippen LogP contribution in [0.4, 0.5) is 10.9 Å². The van der Waals surface area contributed by atoms with Crippen LogP contribution in [0.25, 0.3) is 11.7 Å². The molecule has 0 spiro atoms. The molecule has 4 rings (SSSR count). The molecular formula is C27H32N6O6S. The summed E-state index contributed by atoms with van der Waals surface area (Å²) in [6.07, 6.45) is 4.76. The minimum absolute atomic E-state index is 0.0611. The van der Waals surface area contributed by atoms with Crippen molar-refractivity contribution in [1.82, 2.24) is 19.7 Å². The summed E-state index contributed by atoms with van der Waals surface area (Å²) in [5, 5.41) is 26.0. The lowest BCUT2D eigenvalue weighted by Crippen LogP contribution is -2.44. The number of rotatable bonds is 8. The smallest absolute Gasteiger partial charge is 0.328 e. The zero-order valence-electron chi connectivity index (χ0n) is 22.5. The third kappa shape index (κ3) is 6.54. The van der Waals surface area contributed by atoms with E-state index in [2.05, 4.69) is 20.6 Å². The lowest BCUT2D eigenvalue weighted by atomic mass is 9.93. The van der Waals surface area contributed by atoms with Gasteiger partial charge in [0.25, 0.3) is 11.5 Å². The second kappa shape index (κ2) is 12.0. The maximum Gasteiger partial charge on any atom is 0.328 e. The third-order valence-corrected chi connectivity index (χ3v) is 7.25. The highest BCUT2D eigenvalue weighted by Gasteiger charge is 2.28. The monoisotopic (exact) mass is 568 g/mol. The zero-order valence-corrected chi connectivity index (χ0v) is 23.3. The summed E-state index contributed by atoms with van der Waals surface area (Å²) in [7, 11) is 0. The molecule has 40 heavy (non-hydrogen) atoms. The average Bonchev–Trinajstić information content (AvgIpc) is 3.40. The number of hydrogen-bond donors (Lipinski definition) is 4. The molecule has 1 aliphatic heterocycles. The first-order valence-corrected chi connectivity index (χ1v) is 13.7. The van der Waals surface area contributed by atoms with Gasteiger partial charge in [0.05, 0.1) is 23.8 Å². The highest BCUT2D eigenvalue weighted by Crippen LogP contribution is 2.27. The van der Waals surface area contributed by atoms with Crippen LogP contribution in [0, 0.1) is 5.92 Å². The van der Waals surface area contributed by atoms with E-state index in [1.807, 2.05) is 26.2 Å². The molecule has 3 aromatic heterocycles. The van der Waals surface area contributed by atoms with Crippen molar-refractivity contribution in [3.63, 3.8) is 0 Å². The Kier molecular flexibility index (Phi) is 8.64. The topological polar surface area (TPSA) is 166 Å². The van der Waals surface area contributed by atoms with E-state index in [0.717, 1.165) is 11.8 Å². The summed E-state index contributed by atoms with van der Waals surface area (Å²) in [5.41, 5.74) is 0.706. The summed E-state index contributed by atoms with van der Waals surface area (Å²) in [4.78, 5) is 61.2. The predicted molar refractivity (Wildman–Crippen MR) is 152 cm³/mol. The maximum absolute atomic E-state index is 13.5. The van der Waals surface area contributed by atoms with Crippen molar-refractivity contribution in [2.45, 2.75) is 39.0 Å². The van der Waals surface area contributed by atoms with Crippen molar-refractivity contribution in [2.75, 3.05) is 36.5 Å². The Bertz CT molecular complexity index is 1520. The number of amides is 2. The summed E-state index contributed by atoms with van der Waals surface area (Å²) in [5.74, 6) is -2.02. The fourth-order valence-electron chi connectivity index (χ4n) is 4.37. The molecule has 0 radical (unpaired) electrons. The second-order valence-electron chi connectivity index (χ2n) is 10.5. The van der Waals surface area contributed by atoms with Gasteiger partial charge in [-0.3, -0.25) is 24.1 Å². The molecule has 3 aromatic rings. The lowest BCUT2D eigenvalue weighted by molar-refractivity contribution is -0.131. The van der Waals surface area contributed by atoms with E-state index in [4.69, 9.17) is 5.11 Å². The van der Waals surface area contributed by atoms with Gasteiger partial charge in [0.15, 0.2) is 5.13 Å². The highest BCUT2D eigenvalue weighted by molar-refractivity contribution is 7.14. The first-order chi connectivity index (χ1) is 19.0. The fraction of sp³-hybridized carbons (Fsp3) is 0.407. The number of piperidine rings is 1. The van der Waals surface area contributed by atoms with Crippen LogP contribution in [0.2, 0.25) is 0 Å². The number of carbonyl (C=O) groups is 3. The molecule has 1 unspecified atom stereocenters. The molecule has 1 saturated heterocycles. The van der Waals surface area contributed by atoms with Gasteiger partial charge in [0, 0.05) is 48.3 Å². The van der Waals surface area contributed by atoms with Crippen LogP contribution in [-0.4, -0.2) is 68.6 Å². The summed E-state index contributed by atoms with van der Waals surface area (Å²) >= 11 is 1.32. The first-order valence-electron chi connectivity index (χ1n) is 12.9. The molecule has 12 nitrogen and oxygen atoms in total. The number of thiazole rings is 1. The molecule has 0 saturated carbocycles. The summed E-state index contributed by atoms with van der Waals surface area (Å²) in [6, 6.07) is 2.97. The second-order valence-corrected chi connectivity index (χ2v) is 11.4. The largest absolute Gasteiger partial charge is 0.478 e. The maximum atomic E-state index is 13.5. The number of carbonyl (C=O) groups excluding carboxylic acids is 2. The van der Waals surface area contributed by atoms with Gasteiger partial charge in [-0.2, -0.15) is 0 Å². The standard InChI is InChI=1S/C27H32N6O6S/c1-27(2,3)19-15-40-26(29-19)31-24(38)16-8-11-33-20(13-16)30-22(18(25(33)39)6-7-21(35)36)32-10-4-5-17(14-32)23(37)28-9-12-34/h6-8,11,13,15,17,34H,4-5,9-10,12,14H2,1-3H3,(H,28,37)(H,35,36)(H,29,31,38)/b7-6+. The lowest BCUT2D eigenvalue weighted by Gasteiger charge is -2.33. The van der Waals surface area contributed by atoms with Crippen molar-refractivity contribution in [3.8, 4) is 0 Å². The van der Waals surface area contributed by atoms with Gasteiger partial charge in [-0.15, -0.1) is 11.3 Å². The van der Waals surface area contributed by atoms with E-state index in [1.54, 1.807) is 4.90 Å². The third-order valence-electron chi connectivity index (χ3n) is 6.50. The van der Waals surface area contributed by atoms with Gasteiger partial charge in [-0.25, -0.2) is 14.8 Å². The summed E-state index contributed by atoms with van der Waals surface area (Å²) in [6.45, 7) is 6.82. The van der Waals surface area contributed by atoms with Gasteiger partial charge in [-0.05, 0) is 31.1 Å². The van der Waals surface area contributed by atoms with E-state index >= 15 is 0 Å². The molecule has 212 valence electrons. The van der Waals surface area contributed by atoms with Crippen LogP contribution in [0.15, 0.2) is 34.6 Å². The Labute approximate surface area is 234 Å². The molecule has 0 aliphatic carbocycles. The number of aromatic nitrogens is 3. The van der Waals surface area contributed by atoms with Crippen molar-refractivity contribution >= 4 is 51.8 Å². The highest BCUT2D eigenvalue weighted by atomic mass is 32.1. The zero-order chi connectivity index (χ0) is 29.0. The SMILES string of the molecule is CC(C)(C)c1csc(NC(=O)c2ccn3c(=O)c(/C=C/C(=O)O)c(N4CCCC(C(=O)NCCO)C4)nc3c2)n1. The number of carboxylic acid groups (broad SMARTS) is 1. The van der Waals surface area contributed by atoms with Crippen LogP contribution in [0.5, 0.6) is 0 Å². The number of nitrogens with zero attached hydrogens (tertiary/aromatic N) is 4. The molecule has 2 amide bonds. The number of hydrogen-bond acceptors (Lipinski definition) is 9. The molecule has 1 atom stereocenters. The fourth-order valence-corrected chi connectivity index (χ4v) is 5.31. The van der Waals surface area contributed by atoms with E-state index in [9.17, 15) is 24.3 Å². The molecule has 0 aromatic carbocycles. The van der Waals surface area contributed by atoms with E-state index < -0.39 is 23.4 Å². The van der Waals surface area contributed by atoms with Crippen LogP contribution < -0.4 is 21.1 Å². The van der Waals surface area contributed by atoms with Gasteiger partial charge < -0.3 is 20.4 Å². The Morgan fingerprint density at radius 3 is 2.70 bits per heavy atom. The van der Waals surface area contributed by atoms with E-state index in [0.29, 0.717) is 24.5 Å². The van der Waals surface area contributed by atoms with Crippen molar-refractivity contribution in [3.05, 3.63) is 57.0 Å². The molecule has 4 heterocycles. The van der Waals surface area contributed by atoms with Gasteiger partial charge in [-0.1, -0.05) is 20.8 Å². The Morgan fingerprint density at radius 2 is 2.02 bits per heavy atom. The average molecular weight is 569 g/mol. The molecule has 13 heteroatoms. The molecular weight excluding hydrogens is 536 g/mol. The van der Waals surface area contributed by atoms with E-state index in [1.165, 1.54) is 40.1 Å². The quantitative estimate of drug-likeness (QED) is 0.298. The number of aliphatic hydroxyl groups excluding tert-OH is 1. The van der Waals surface area contributed by atoms with Crippen LogP contribution in [0.3, 0.4) is 0 Å². The number of aliphatic hydroxyl groups is 1. The van der Waals surface area contributed by atoms with Crippen molar-refractivity contribution in [2.24, 2.45) is 5.92 Å². The minimum Gasteiger partial charge on any atom is -0.478 e. The number of nitrogens with one attached hydrogen (secondary N) is 2. The summed E-state index contributed by atoms with van der Waals surface area (Å²) < 4.78 is 1.25. The number of carboxylic acids is 1. The van der Waals surface area contributed by atoms with Crippen molar-refractivity contribution < 1.29 is 24.6 Å². The minimum atomic E-state index is -1.22. The van der Waals surface area contributed by atoms with Crippen LogP contribution in [0.1, 0.15) is 55.2 Å². The number of fused-ring (bicyclic) bond motifs is 1. The Hall–Kier alpha value is -4.10. The van der Waals surface area contributed by atoms with Crippen LogP contribution in [-0.2, 0) is 15.0 Å². The molecule has 0 bridgehead atoms. The molecule has 1 fully saturated rings. The van der Waals surface area contributed by atoms with Gasteiger partial charge in [0.1, 0.15) is 11.5 Å². The number of pyridine rings is 1. The first kappa shape index (κ1) is 28.9. The Balaban J connectivity index is 1.70. The van der Waals surface area contributed by atoms with Gasteiger partial charge in [0.2, 0.25) is 5.91 Å². The van der Waals surface area contributed by atoms with E-state index in [-0.39, 0.29) is 53.6 Å². The number of anilines is 2. The molecule has 1 aliphatic rings. The van der Waals surface area contributed by atoms with Gasteiger partial charge >= 0.3 is 5.97 Å². The molecule has 4 N–H and O–H groups in total. The van der Waals surface area contributed by atoms with Crippen LogP contribution >= 0.6 is 11.3 Å².